The van der Waals surface area contributed by atoms with Crippen molar-refractivity contribution in [3.05, 3.63) is 0 Å². The average molecular weight is 333 g/mol. The van der Waals surface area contributed by atoms with E-state index in [1.54, 1.807) is 6.92 Å². The average Bonchev–Trinajstić information content (AvgIpc) is 2.48. The van der Waals surface area contributed by atoms with E-state index in [9.17, 15) is 4.79 Å². The van der Waals surface area contributed by atoms with Crippen LogP contribution in [0.25, 0.3) is 0 Å². The fourth-order valence-corrected chi connectivity index (χ4v) is 2.28. The summed E-state index contributed by atoms with van der Waals surface area (Å²) in [7, 11) is 0. The molecule has 0 aromatic carbocycles. The quantitative estimate of drug-likeness (QED) is 0.392. The van der Waals surface area contributed by atoms with Gasteiger partial charge < -0.3 is 20.1 Å². The van der Waals surface area contributed by atoms with Crippen molar-refractivity contribution in [2.24, 2.45) is 0 Å². The van der Waals surface area contributed by atoms with E-state index in [0.29, 0.717) is 19.2 Å². The maximum atomic E-state index is 11.5. The summed E-state index contributed by atoms with van der Waals surface area (Å²) in [6.45, 7) is 12.3. The molecule has 1 aliphatic rings. The Labute approximate surface area is 139 Å². The van der Waals surface area contributed by atoms with Crippen LogP contribution in [0, 0.1) is 0 Å². The molecular formula is C15H31N3O3S. The fourth-order valence-electron chi connectivity index (χ4n) is 2.18. The second-order valence-electron chi connectivity index (χ2n) is 5.94. The number of rotatable bonds is 10. The number of morpholine rings is 1. The molecule has 1 aliphatic heterocycles. The highest BCUT2D eigenvalue weighted by Gasteiger charge is 2.21. The van der Waals surface area contributed by atoms with Crippen LogP contribution in [0.4, 0.5) is 0 Å². The molecular weight excluding hydrogens is 302 g/mol. The summed E-state index contributed by atoms with van der Waals surface area (Å²) >= 11 is 4.11. The van der Waals surface area contributed by atoms with Crippen molar-refractivity contribution in [3.8, 4) is 0 Å². The molecule has 6 nitrogen and oxygen atoms in total. The van der Waals surface area contributed by atoms with Crippen molar-refractivity contribution in [3.63, 3.8) is 0 Å². The first-order valence-corrected chi connectivity index (χ1v) is 8.61. The van der Waals surface area contributed by atoms with Crippen LogP contribution in [0.5, 0.6) is 0 Å². The van der Waals surface area contributed by atoms with Crippen molar-refractivity contribution in [2.45, 2.75) is 38.2 Å². The molecule has 2 atom stereocenters. The highest BCUT2D eigenvalue weighted by Crippen LogP contribution is 2.04. The van der Waals surface area contributed by atoms with E-state index in [2.05, 4.69) is 42.0 Å². The minimum Gasteiger partial charge on any atom is -0.379 e. The molecule has 0 saturated carbocycles. The lowest BCUT2D eigenvalue weighted by atomic mass is 10.2. The summed E-state index contributed by atoms with van der Waals surface area (Å²) in [6.07, 6.45) is 0.0485. The first-order chi connectivity index (χ1) is 10.5. The summed E-state index contributed by atoms with van der Waals surface area (Å²) in [5, 5.41) is 5.90. The molecule has 0 aromatic heterocycles. The third-order valence-electron chi connectivity index (χ3n) is 3.46. The third-order valence-corrected chi connectivity index (χ3v) is 3.69. The summed E-state index contributed by atoms with van der Waals surface area (Å²) in [4.78, 5) is 13.8. The summed E-state index contributed by atoms with van der Waals surface area (Å²) in [5.41, 5.74) is 0. The molecule has 1 heterocycles. The van der Waals surface area contributed by atoms with Crippen LogP contribution in [0.1, 0.15) is 20.8 Å². The summed E-state index contributed by atoms with van der Waals surface area (Å²) in [6, 6.07) is 0.499. The maximum absolute atomic E-state index is 11.5. The normalized spacial score (nSPS) is 21.0. The monoisotopic (exact) mass is 333 g/mol. The zero-order chi connectivity index (χ0) is 16.4. The van der Waals surface area contributed by atoms with Gasteiger partial charge in [0.15, 0.2) is 0 Å². The number of hydrogen-bond acceptors (Lipinski definition) is 6. The van der Waals surface area contributed by atoms with Gasteiger partial charge in [-0.15, -0.1) is 0 Å². The number of amides is 1. The highest BCUT2D eigenvalue weighted by atomic mass is 32.1. The van der Waals surface area contributed by atoms with Crippen LogP contribution in [-0.2, 0) is 14.3 Å². The standard InChI is InChI=1S/C15H31N3O3S/c1-12(2)16-4-7-20-8-5-18-6-9-21-14(11-18)10-17-15(19)13(3)22/h12-14,16,22H,4-11H2,1-3H3,(H,17,19). The van der Waals surface area contributed by atoms with Crippen LogP contribution < -0.4 is 10.6 Å². The van der Waals surface area contributed by atoms with E-state index >= 15 is 0 Å². The zero-order valence-corrected chi connectivity index (χ0v) is 14.9. The first-order valence-electron chi connectivity index (χ1n) is 8.10. The second-order valence-corrected chi connectivity index (χ2v) is 6.71. The Bertz CT molecular complexity index is 316. The van der Waals surface area contributed by atoms with Gasteiger partial charge in [0.2, 0.25) is 5.91 Å². The van der Waals surface area contributed by atoms with Gasteiger partial charge in [0.05, 0.1) is 31.2 Å². The van der Waals surface area contributed by atoms with Gasteiger partial charge >= 0.3 is 0 Å². The Morgan fingerprint density at radius 2 is 2.18 bits per heavy atom. The molecule has 2 N–H and O–H groups in total. The van der Waals surface area contributed by atoms with Crippen LogP contribution in [0.15, 0.2) is 0 Å². The van der Waals surface area contributed by atoms with Crippen molar-refractivity contribution in [1.82, 2.24) is 15.5 Å². The number of thiol groups is 1. The molecule has 1 amide bonds. The molecule has 0 aromatic rings. The van der Waals surface area contributed by atoms with Gasteiger partial charge in [-0.2, -0.15) is 12.6 Å². The van der Waals surface area contributed by atoms with Crippen molar-refractivity contribution >= 4 is 18.5 Å². The minimum atomic E-state index is -0.285. The van der Waals surface area contributed by atoms with Crippen LogP contribution in [-0.4, -0.2) is 80.7 Å². The van der Waals surface area contributed by atoms with E-state index < -0.39 is 0 Å². The first kappa shape index (κ1) is 19.7. The molecule has 130 valence electrons. The van der Waals surface area contributed by atoms with Gasteiger partial charge in [0, 0.05) is 38.8 Å². The van der Waals surface area contributed by atoms with Crippen LogP contribution >= 0.6 is 12.6 Å². The third kappa shape index (κ3) is 8.95. The molecule has 1 fully saturated rings. The second kappa shape index (κ2) is 11.2. The predicted octanol–water partition coefficient (Wildman–Crippen LogP) is 0.136. The van der Waals surface area contributed by atoms with E-state index in [-0.39, 0.29) is 17.3 Å². The molecule has 22 heavy (non-hydrogen) atoms. The van der Waals surface area contributed by atoms with Crippen LogP contribution in [0.2, 0.25) is 0 Å². The number of carbonyl (C=O) groups excluding carboxylic acids is 1. The molecule has 2 unspecified atom stereocenters. The van der Waals surface area contributed by atoms with Gasteiger partial charge in [-0.1, -0.05) is 13.8 Å². The summed E-state index contributed by atoms with van der Waals surface area (Å²) < 4.78 is 11.3. The van der Waals surface area contributed by atoms with E-state index in [1.807, 2.05) is 0 Å². The predicted molar refractivity (Wildman–Crippen MR) is 91.6 cm³/mol. The Hall–Kier alpha value is -0.340. The van der Waals surface area contributed by atoms with Crippen LogP contribution in [0.3, 0.4) is 0 Å². The maximum Gasteiger partial charge on any atom is 0.232 e. The molecule has 1 saturated heterocycles. The minimum absolute atomic E-state index is 0.0485. The van der Waals surface area contributed by atoms with Gasteiger partial charge in [0.25, 0.3) is 0 Å². The van der Waals surface area contributed by atoms with Gasteiger partial charge in [-0.25, -0.2) is 0 Å². The van der Waals surface area contributed by atoms with Crippen molar-refractivity contribution in [2.75, 3.05) is 52.5 Å². The lowest BCUT2D eigenvalue weighted by Gasteiger charge is -2.33. The Morgan fingerprint density at radius 1 is 1.41 bits per heavy atom. The Morgan fingerprint density at radius 3 is 2.86 bits per heavy atom. The molecule has 0 spiro atoms. The van der Waals surface area contributed by atoms with E-state index in [4.69, 9.17) is 9.47 Å². The molecule has 7 heteroatoms. The summed E-state index contributed by atoms with van der Waals surface area (Å²) in [5.74, 6) is -0.0509. The fraction of sp³-hybridized carbons (Fsp3) is 0.933. The Balaban J connectivity index is 2.09. The number of nitrogens with one attached hydrogen (secondary N) is 2. The van der Waals surface area contributed by atoms with E-state index in [1.165, 1.54) is 0 Å². The smallest absolute Gasteiger partial charge is 0.232 e. The van der Waals surface area contributed by atoms with Crippen molar-refractivity contribution < 1.29 is 14.3 Å². The zero-order valence-electron chi connectivity index (χ0n) is 14.0. The number of nitrogens with zero attached hydrogens (tertiary/aromatic N) is 1. The lowest BCUT2D eigenvalue weighted by Crippen LogP contribution is -2.49. The van der Waals surface area contributed by atoms with Gasteiger partial charge in [-0.05, 0) is 6.92 Å². The number of carbonyl (C=O) groups is 1. The van der Waals surface area contributed by atoms with Gasteiger partial charge in [0.1, 0.15) is 0 Å². The lowest BCUT2D eigenvalue weighted by molar-refractivity contribution is -0.121. The highest BCUT2D eigenvalue weighted by molar-refractivity contribution is 7.81. The Kier molecular flexibility index (Phi) is 10.1. The van der Waals surface area contributed by atoms with Crippen molar-refractivity contribution in [1.29, 1.82) is 0 Å². The molecule has 0 aliphatic carbocycles. The SMILES string of the molecule is CC(C)NCCOCCN1CCOC(CNC(=O)C(C)S)C1. The molecule has 1 rings (SSSR count). The molecule has 0 bridgehead atoms. The largest absolute Gasteiger partial charge is 0.379 e. The van der Waals surface area contributed by atoms with Gasteiger partial charge in [-0.3, -0.25) is 9.69 Å². The molecule has 0 radical (unpaired) electrons. The number of hydrogen-bond donors (Lipinski definition) is 3. The number of ether oxygens (including phenoxy) is 2. The van der Waals surface area contributed by atoms with E-state index in [0.717, 1.165) is 39.4 Å². The topological polar surface area (TPSA) is 62.8 Å².